The van der Waals surface area contributed by atoms with Gasteiger partial charge in [-0.05, 0) is 19.9 Å². The van der Waals surface area contributed by atoms with Gasteiger partial charge in [0.15, 0.2) is 0 Å². The van der Waals surface area contributed by atoms with Crippen LogP contribution >= 0.6 is 11.3 Å². The molecule has 0 unspecified atom stereocenters. The van der Waals surface area contributed by atoms with Crippen molar-refractivity contribution in [3.05, 3.63) is 40.2 Å². The summed E-state index contributed by atoms with van der Waals surface area (Å²) in [6, 6.07) is 10.3. The maximum absolute atomic E-state index is 5.60. The molecule has 2 N–H and O–H groups in total. The maximum Gasteiger partial charge on any atom is 0.0904 e. The molecule has 0 saturated heterocycles. The molecule has 2 aromatic rings. The average molecular weight is 218 g/mol. The van der Waals surface area contributed by atoms with Crippen LogP contribution in [0.15, 0.2) is 30.3 Å². The lowest BCUT2D eigenvalue weighted by Crippen LogP contribution is -2.02. The Bertz CT molecular complexity index is 434. The minimum atomic E-state index is 0.682. The lowest BCUT2D eigenvalue weighted by atomic mass is 10.1. The monoisotopic (exact) mass is 218 g/mol. The van der Waals surface area contributed by atoms with E-state index in [1.165, 1.54) is 10.4 Å². The molecule has 1 aromatic carbocycles. The number of nitrogens with zero attached hydrogens (tertiary/aromatic N) is 1. The minimum Gasteiger partial charge on any atom is -0.330 e. The summed E-state index contributed by atoms with van der Waals surface area (Å²) in [5, 5.41) is 1.11. The molecule has 78 valence electrons. The Morgan fingerprint density at radius 1 is 1.27 bits per heavy atom. The van der Waals surface area contributed by atoms with Crippen LogP contribution in [0.5, 0.6) is 0 Å². The molecule has 1 heterocycles. The molecule has 0 atom stereocenters. The van der Waals surface area contributed by atoms with Crippen molar-refractivity contribution in [3.63, 3.8) is 0 Å². The molecule has 0 aliphatic carbocycles. The minimum absolute atomic E-state index is 0.682. The van der Waals surface area contributed by atoms with Gasteiger partial charge in [-0.2, -0.15) is 0 Å². The van der Waals surface area contributed by atoms with Crippen LogP contribution in [-0.4, -0.2) is 11.5 Å². The van der Waals surface area contributed by atoms with Gasteiger partial charge in [-0.1, -0.05) is 30.3 Å². The third kappa shape index (κ3) is 2.25. The summed E-state index contributed by atoms with van der Waals surface area (Å²) in [6.07, 6.45) is 0.912. The van der Waals surface area contributed by atoms with E-state index in [0.717, 1.165) is 17.1 Å². The van der Waals surface area contributed by atoms with Crippen molar-refractivity contribution in [2.24, 2.45) is 5.73 Å². The van der Waals surface area contributed by atoms with Crippen molar-refractivity contribution in [2.45, 2.75) is 13.3 Å². The molecule has 2 nitrogen and oxygen atoms in total. The second-order valence-electron chi connectivity index (χ2n) is 3.41. The Balaban J connectivity index is 2.43. The maximum atomic E-state index is 5.60. The summed E-state index contributed by atoms with van der Waals surface area (Å²) in [6.45, 7) is 2.72. The van der Waals surface area contributed by atoms with E-state index in [0.29, 0.717) is 6.54 Å². The van der Waals surface area contributed by atoms with Gasteiger partial charge in [0.05, 0.1) is 10.7 Å². The Labute approximate surface area is 93.8 Å². The van der Waals surface area contributed by atoms with Crippen LogP contribution in [0.25, 0.3) is 11.3 Å². The molecule has 15 heavy (non-hydrogen) atoms. The van der Waals surface area contributed by atoms with Crippen LogP contribution in [0.3, 0.4) is 0 Å². The van der Waals surface area contributed by atoms with Crippen molar-refractivity contribution in [1.29, 1.82) is 0 Å². The lowest BCUT2D eigenvalue weighted by Gasteiger charge is -2.00. The quantitative estimate of drug-likeness (QED) is 0.860. The number of hydrogen-bond acceptors (Lipinski definition) is 3. The molecule has 0 aliphatic heterocycles. The first-order valence-corrected chi connectivity index (χ1v) is 5.84. The highest BCUT2D eigenvalue weighted by atomic mass is 32.1. The van der Waals surface area contributed by atoms with Gasteiger partial charge in [-0.15, -0.1) is 11.3 Å². The van der Waals surface area contributed by atoms with Crippen molar-refractivity contribution in [3.8, 4) is 11.3 Å². The van der Waals surface area contributed by atoms with Gasteiger partial charge in [-0.3, -0.25) is 0 Å². The van der Waals surface area contributed by atoms with Gasteiger partial charge in [0.25, 0.3) is 0 Å². The highest BCUT2D eigenvalue weighted by Gasteiger charge is 2.09. The van der Waals surface area contributed by atoms with E-state index < -0.39 is 0 Å². The molecule has 2 rings (SSSR count). The van der Waals surface area contributed by atoms with Crippen LogP contribution in [0, 0.1) is 6.92 Å². The first-order valence-electron chi connectivity index (χ1n) is 5.03. The Morgan fingerprint density at radius 3 is 2.67 bits per heavy atom. The number of rotatable bonds is 3. The van der Waals surface area contributed by atoms with Crippen LogP contribution in [0.1, 0.15) is 9.88 Å². The van der Waals surface area contributed by atoms with E-state index in [1.54, 1.807) is 11.3 Å². The number of nitrogens with two attached hydrogens (primary N) is 1. The van der Waals surface area contributed by atoms with E-state index in [4.69, 9.17) is 5.73 Å². The van der Waals surface area contributed by atoms with Gasteiger partial charge in [0.1, 0.15) is 0 Å². The van der Waals surface area contributed by atoms with Crippen molar-refractivity contribution in [1.82, 2.24) is 4.98 Å². The summed E-state index contributed by atoms with van der Waals surface area (Å²) in [7, 11) is 0. The van der Waals surface area contributed by atoms with Gasteiger partial charge in [-0.25, -0.2) is 4.98 Å². The zero-order valence-corrected chi connectivity index (χ0v) is 9.55. The molecule has 0 aliphatic rings. The highest BCUT2D eigenvalue weighted by Crippen LogP contribution is 2.27. The first-order chi connectivity index (χ1) is 7.31. The summed E-state index contributed by atoms with van der Waals surface area (Å²) in [4.78, 5) is 5.86. The van der Waals surface area contributed by atoms with E-state index in [-0.39, 0.29) is 0 Å². The fourth-order valence-electron chi connectivity index (χ4n) is 1.59. The third-order valence-electron chi connectivity index (χ3n) is 2.22. The fraction of sp³-hybridized carbons (Fsp3) is 0.250. The highest BCUT2D eigenvalue weighted by molar-refractivity contribution is 7.12. The molecular weight excluding hydrogens is 204 g/mol. The zero-order chi connectivity index (χ0) is 10.7. The molecule has 0 fully saturated rings. The summed E-state index contributed by atoms with van der Waals surface area (Å²) in [5.74, 6) is 0. The molecule has 0 radical (unpaired) electrons. The molecular formula is C12H14N2S. The molecule has 3 heteroatoms. The van der Waals surface area contributed by atoms with Gasteiger partial charge < -0.3 is 5.73 Å². The first kappa shape index (κ1) is 10.3. The van der Waals surface area contributed by atoms with Crippen molar-refractivity contribution >= 4 is 11.3 Å². The van der Waals surface area contributed by atoms with E-state index in [9.17, 15) is 0 Å². The van der Waals surface area contributed by atoms with Gasteiger partial charge >= 0.3 is 0 Å². The molecule has 1 aromatic heterocycles. The molecule has 0 spiro atoms. The smallest absolute Gasteiger partial charge is 0.0904 e. The number of thiazole rings is 1. The van der Waals surface area contributed by atoms with E-state index in [1.807, 2.05) is 25.1 Å². The normalized spacial score (nSPS) is 10.5. The van der Waals surface area contributed by atoms with Crippen LogP contribution in [0.2, 0.25) is 0 Å². The standard InChI is InChI=1S/C12H14N2S/c1-9-14-12(11(15-9)7-8-13)10-5-3-2-4-6-10/h2-6H,7-8,13H2,1H3. The SMILES string of the molecule is Cc1nc(-c2ccccc2)c(CCN)s1. The average Bonchev–Trinajstić information content (AvgIpc) is 2.62. The Kier molecular flexibility index (Phi) is 3.14. The summed E-state index contributed by atoms with van der Waals surface area (Å²) < 4.78 is 0. The molecule has 0 bridgehead atoms. The fourth-order valence-corrected chi connectivity index (χ4v) is 2.56. The van der Waals surface area contributed by atoms with Crippen molar-refractivity contribution < 1.29 is 0 Å². The summed E-state index contributed by atoms with van der Waals surface area (Å²) >= 11 is 1.74. The second-order valence-corrected chi connectivity index (χ2v) is 4.70. The lowest BCUT2D eigenvalue weighted by molar-refractivity contribution is 0.986. The molecule has 0 saturated carbocycles. The van der Waals surface area contributed by atoms with Crippen molar-refractivity contribution in [2.75, 3.05) is 6.54 Å². The predicted octanol–water partition coefficient (Wildman–Crippen LogP) is 2.62. The topological polar surface area (TPSA) is 38.9 Å². The van der Waals surface area contributed by atoms with Crippen LogP contribution in [-0.2, 0) is 6.42 Å². The van der Waals surface area contributed by atoms with Crippen LogP contribution < -0.4 is 5.73 Å². The predicted molar refractivity (Wildman–Crippen MR) is 65.0 cm³/mol. The Morgan fingerprint density at radius 2 is 2.00 bits per heavy atom. The Hall–Kier alpha value is -1.19. The van der Waals surface area contributed by atoms with E-state index in [2.05, 4.69) is 17.1 Å². The number of aromatic nitrogens is 1. The summed E-state index contributed by atoms with van der Waals surface area (Å²) in [5.41, 5.74) is 7.88. The zero-order valence-electron chi connectivity index (χ0n) is 8.73. The largest absolute Gasteiger partial charge is 0.330 e. The van der Waals surface area contributed by atoms with Gasteiger partial charge in [0, 0.05) is 10.4 Å². The number of hydrogen-bond donors (Lipinski definition) is 1. The third-order valence-corrected chi connectivity index (χ3v) is 3.25. The van der Waals surface area contributed by atoms with Gasteiger partial charge in [0.2, 0.25) is 0 Å². The number of benzene rings is 1. The van der Waals surface area contributed by atoms with Crippen LogP contribution in [0.4, 0.5) is 0 Å². The number of aryl methyl sites for hydroxylation is 1. The molecule has 0 amide bonds. The van der Waals surface area contributed by atoms with E-state index >= 15 is 0 Å². The second kappa shape index (κ2) is 4.55.